The molecule has 0 spiro atoms. The van der Waals surface area contributed by atoms with Crippen molar-refractivity contribution in [2.75, 3.05) is 19.6 Å². The Balaban J connectivity index is 1.77. The Kier molecular flexibility index (Phi) is 3.09. The Morgan fingerprint density at radius 2 is 2.41 bits per heavy atom. The van der Waals surface area contributed by atoms with Crippen LogP contribution in [0.5, 0.6) is 0 Å². The zero-order chi connectivity index (χ0) is 15.1. The van der Waals surface area contributed by atoms with E-state index >= 15 is 0 Å². The Hall–Kier alpha value is -2.39. The topological polar surface area (TPSA) is 73.5 Å². The van der Waals surface area contributed by atoms with Gasteiger partial charge in [0.15, 0.2) is 0 Å². The van der Waals surface area contributed by atoms with Crippen molar-refractivity contribution < 1.29 is 0 Å². The maximum Gasteiger partial charge on any atom is 0.139 e. The van der Waals surface area contributed by atoms with Gasteiger partial charge >= 0.3 is 0 Å². The van der Waals surface area contributed by atoms with Crippen LogP contribution in [0.1, 0.15) is 24.7 Å². The van der Waals surface area contributed by atoms with Crippen LogP contribution in [0.2, 0.25) is 0 Å². The molecule has 0 saturated carbocycles. The quantitative estimate of drug-likeness (QED) is 0.805. The molecule has 3 aromatic heterocycles. The highest BCUT2D eigenvalue weighted by Gasteiger charge is 2.27. The molecule has 1 N–H and O–H groups in total. The van der Waals surface area contributed by atoms with Crippen LogP contribution >= 0.6 is 0 Å². The number of hydrogen-bond donors (Lipinski definition) is 1. The van der Waals surface area contributed by atoms with Gasteiger partial charge in [0, 0.05) is 43.7 Å². The van der Waals surface area contributed by atoms with E-state index in [1.54, 1.807) is 0 Å². The predicted molar refractivity (Wildman–Crippen MR) is 84.4 cm³/mol. The number of fused-ring (bicyclic) bond motifs is 3. The minimum absolute atomic E-state index is 0.421. The summed E-state index contributed by atoms with van der Waals surface area (Å²) >= 11 is 0. The fourth-order valence-corrected chi connectivity index (χ4v) is 3.59. The maximum absolute atomic E-state index is 8.75. The Labute approximate surface area is 128 Å². The number of hydrogen-bond acceptors (Lipinski definition) is 4. The van der Waals surface area contributed by atoms with Crippen molar-refractivity contribution in [1.82, 2.24) is 24.4 Å². The number of likely N-dealkylation sites (tertiary alicyclic amines) is 1. The number of aryl methyl sites for hydroxylation is 1. The van der Waals surface area contributed by atoms with Crippen LogP contribution < -0.4 is 0 Å². The highest BCUT2D eigenvalue weighted by Crippen LogP contribution is 2.31. The second-order valence-corrected chi connectivity index (χ2v) is 5.91. The van der Waals surface area contributed by atoms with Gasteiger partial charge < -0.3 is 14.5 Å². The Morgan fingerprint density at radius 1 is 1.50 bits per heavy atom. The Bertz CT molecular complexity index is 868. The van der Waals surface area contributed by atoms with Gasteiger partial charge in [0.05, 0.1) is 17.8 Å². The van der Waals surface area contributed by atoms with Gasteiger partial charge in [0.2, 0.25) is 0 Å². The number of aromatic amines is 1. The molecule has 0 bridgehead atoms. The summed E-state index contributed by atoms with van der Waals surface area (Å²) in [7, 11) is 0. The summed E-state index contributed by atoms with van der Waals surface area (Å²) < 4.78 is 2.36. The van der Waals surface area contributed by atoms with Gasteiger partial charge in [-0.2, -0.15) is 5.26 Å². The largest absolute Gasteiger partial charge is 0.346 e. The summed E-state index contributed by atoms with van der Waals surface area (Å²) in [6.45, 7) is 4.96. The normalized spacial score (nSPS) is 19.2. The van der Waals surface area contributed by atoms with E-state index in [2.05, 4.69) is 38.5 Å². The fraction of sp³-hybridized carbons (Fsp3) is 0.438. The molecule has 6 heteroatoms. The minimum Gasteiger partial charge on any atom is -0.346 e. The first kappa shape index (κ1) is 13.3. The lowest BCUT2D eigenvalue weighted by atomic mass is 10.2. The van der Waals surface area contributed by atoms with Gasteiger partial charge in [-0.25, -0.2) is 9.97 Å². The summed E-state index contributed by atoms with van der Waals surface area (Å²) in [5, 5.41) is 9.89. The zero-order valence-corrected chi connectivity index (χ0v) is 12.6. The number of nitrogens with zero attached hydrogens (tertiary/aromatic N) is 5. The molecule has 0 radical (unpaired) electrons. The van der Waals surface area contributed by atoms with E-state index in [9.17, 15) is 0 Å². The van der Waals surface area contributed by atoms with Crippen LogP contribution in [0, 0.1) is 18.3 Å². The minimum atomic E-state index is 0.421. The highest BCUT2D eigenvalue weighted by molar-refractivity contribution is 6.01. The van der Waals surface area contributed by atoms with Crippen molar-refractivity contribution in [2.45, 2.75) is 25.8 Å². The summed E-state index contributed by atoms with van der Waals surface area (Å²) in [5.41, 5.74) is 3.05. The molecule has 0 aliphatic carbocycles. The van der Waals surface area contributed by atoms with Gasteiger partial charge in [-0.05, 0) is 19.4 Å². The molecule has 4 heterocycles. The van der Waals surface area contributed by atoms with E-state index in [0.717, 1.165) is 48.4 Å². The molecule has 6 nitrogen and oxygen atoms in total. The molecular weight excluding hydrogens is 276 g/mol. The first-order valence-electron chi connectivity index (χ1n) is 7.68. The highest BCUT2D eigenvalue weighted by atomic mass is 15.2. The van der Waals surface area contributed by atoms with Crippen LogP contribution in [0.3, 0.4) is 0 Å². The van der Waals surface area contributed by atoms with Gasteiger partial charge in [-0.3, -0.25) is 0 Å². The van der Waals surface area contributed by atoms with E-state index in [1.807, 2.05) is 12.4 Å². The molecule has 1 fully saturated rings. The molecule has 22 heavy (non-hydrogen) atoms. The molecule has 1 aliphatic heterocycles. The van der Waals surface area contributed by atoms with Crippen LogP contribution in [-0.2, 0) is 0 Å². The number of rotatable bonds is 3. The summed E-state index contributed by atoms with van der Waals surface area (Å²) in [4.78, 5) is 14.7. The van der Waals surface area contributed by atoms with Crippen LogP contribution in [0.25, 0.3) is 22.1 Å². The number of nitrogens with one attached hydrogen (secondary N) is 1. The second kappa shape index (κ2) is 5.11. The van der Waals surface area contributed by atoms with Gasteiger partial charge in [0.25, 0.3) is 0 Å². The molecular formula is C16H18N6. The van der Waals surface area contributed by atoms with Crippen LogP contribution in [0.4, 0.5) is 0 Å². The molecule has 4 rings (SSSR count). The molecule has 1 saturated heterocycles. The monoisotopic (exact) mass is 294 g/mol. The third-order valence-corrected chi connectivity index (χ3v) is 4.56. The average molecular weight is 294 g/mol. The maximum atomic E-state index is 8.75. The summed E-state index contributed by atoms with van der Waals surface area (Å²) in [6, 6.07) is 4.73. The van der Waals surface area contributed by atoms with Crippen molar-refractivity contribution in [1.29, 1.82) is 5.26 Å². The third-order valence-electron chi connectivity index (χ3n) is 4.56. The van der Waals surface area contributed by atoms with E-state index in [0.29, 0.717) is 12.5 Å². The lowest BCUT2D eigenvalue weighted by Gasteiger charge is -2.17. The van der Waals surface area contributed by atoms with Crippen molar-refractivity contribution in [3.63, 3.8) is 0 Å². The van der Waals surface area contributed by atoms with Gasteiger partial charge in [-0.1, -0.05) is 0 Å². The second-order valence-electron chi connectivity index (χ2n) is 5.91. The molecule has 1 unspecified atom stereocenters. The molecule has 1 aliphatic rings. The standard InChI is InChI=1S/C16H18N6/c1-11-20-14-9-19-16-13(3-6-18-16)15(14)22(11)12-4-8-21(10-12)7-2-5-17/h3,6,9,12H,2,4,7-8,10H2,1H3,(H,18,19). The first-order valence-corrected chi connectivity index (χ1v) is 7.68. The number of pyridine rings is 1. The SMILES string of the molecule is Cc1nc2cnc3[nH]ccc3c2n1C1CCN(CCC#N)C1. The zero-order valence-electron chi connectivity index (χ0n) is 12.6. The molecule has 1 atom stereocenters. The van der Waals surface area contributed by atoms with E-state index in [4.69, 9.17) is 10.2 Å². The van der Waals surface area contributed by atoms with Gasteiger partial charge in [-0.15, -0.1) is 0 Å². The van der Waals surface area contributed by atoms with E-state index in [-0.39, 0.29) is 0 Å². The fourth-order valence-electron chi connectivity index (χ4n) is 3.59. The van der Waals surface area contributed by atoms with Crippen molar-refractivity contribution in [3.05, 3.63) is 24.3 Å². The number of H-pyrrole nitrogens is 1. The smallest absolute Gasteiger partial charge is 0.139 e. The van der Waals surface area contributed by atoms with E-state index in [1.165, 1.54) is 5.52 Å². The number of aromatic nitrogens is 4. The Morgan fingerprint density at radius 3 is 3.27 bits per heavy atom. The first-order chi connectivity index (χ1) is 10.8. The lowest BCUT2D eigenvalue weighted by molar-refractivity contribution is 0.331. The lowest BCUT2D eigenvalue weighted by Crippen LogP contribution is -2.22. The number of nitriles is 1. The average Bonchev–Trinajstić information content (AvgIpc) is 3.21. The van der Waals surface area contributed by atoms with Crippen LogP contribution in [0.15, 0.2) is 18.5 Å². The summed E-state index contributed by atoms with van der Waals surface area (Å²) in [6.07, 6.45) is 5.48. The third kappa shape index (κ3) is 1.97. The van der Waals surface area contributed by atoms with Crippen LogP contribution in [-0.4, -0.2) is 44.1 Å². The van der Waals surface area contributed by atoms with Gasteiger partial charge in [0.1, 0.15) is 17.0 Å². The molecule has 0 amide bonds. The van der Waals surface area contributed by atoms with E-state index < -0.39 is 0 Å². The molecule has 3 aromatic rings. The summed E-state index contributed by atoms with van der Waals surface area (Å²) in [5.74, 6) is 1.04. The molecule has 0 aromatic carbocycles. The van der Waals surface area contributed by atoms with Crippen molar-refractivity contribution in [3.8, 4) is 6.07 Å². The predicted octanol–water partition coefficient (Wildman–Crippen LogP) is 2.38. The van der Waals surface area contributed by atoms with Crippen molar-refractivity contribution >= 4 is 22.1 Å². The molecule has 112 valence electrons. The van der Waals surface area contributed by atoms with Crippen molar-refractivity contribution in [2.24, 2.45) is 0 Å². The number of imidazole rings is 1.